The smallest absolute Gasteiger partial charge is 0.243 e. The second kappa shape index (κ2) is 39.1. The number of hydrogen-bond acceptors (Lipinski definition) is 13. The number of unbranched alkanes of at least 4 members (excludes halogenated alkanes) is 5. The van der Waals surface area contributed by atoms with Crippen LogP contribution in [0.15, 0.2) is 0 Å². The quantitative estimate of drug-likeness (QED) is 0.0727. The first-order valence-corrected chi connectivity index (χ1v) is 22.6. The van der Waals surface area contributed by atoms with Crippen LogP contribution in [0.2, 0.25) is 0 Å². The van der Waals surface area contributed by atoms with E-state index in [1.165, 1.54) is 18.7 Å². The van der Waals surface area contributed by atoms with Crippen LogP contribution in [0.1, 0.15) is 156 Å². The zero-order valence-corrected chi connectivity index (χ0v) is 37.8. The second-order valence-electron chi connectivity index (χ2n) is 15.7. The van der Waals surface area contributed by atoms with Crippen LogP contribution in [0.4, 0.5) is 0 Å². The molecule has 350 valence electrons. The highest BCUT2D eigenvalue weighted by atomic mass is 16.5. The van der Waals surface area contributed by atoms with Gasteiger partial charge < -0.3 is 39.8 Å². The van der Waals surface area contributed by atoms with Gasteiger partial charge in [-0.2, -0.15) is 0 Å². The molecule has 1 unspecified atom stereocenters. The molecule has 0 saturated heterocycles. The number of ether oxygens (including phenoxy) is 3. The molecule has 0 fully saturated rings. The fourth-order valence-electron chi connectivity index (χ4n) is 6.05. The lowest BCUT2D eigenvalue weighted by molar-refractivity contribution is -0.133. The van der Waals surface area contributed by atoms with Crippen molar-refractivity contribution in [2.75, 3.05) is 72.4 Å². The first-order valence-electron chi connectivity index (χ1n) is 22.6. The van der Waals surface area contributed by atoms with Crippen LogP contribution in [-0.2, 0) is 57.4 Å². The summed E-state index contributed by atoms with van der Waals surface area (Å²) in [7, 11) is 0. The van der Waals surface area contributed by atoms with Crippen LogP contribution in [0, 0.1) is 0 Å². The zero-order valence-electron chi connectivity index (χ0n) is 37.8. The van der Waals surface area contributed by atoms with Crippen LogP contribution in [-0.4, -0.2) is 136 Å². The molecule has 0 saturated carbocycles. The number of amides is 3. The summed E-state index contributed by atoms with van der Waals surface area (Å²) in [5, 5.41) is 8.22. The van der Waals surface area contributed by atoms with Crippen molar-refractivity contribution in [3.8, 4) is 0 Å². The van der Waals surface area contributed by atoms with E-state index in [1.54, 1.807) is 0 Å². The Bertz CT molecular complexity index is 1250. The summed E-state index contributed by atoms with van der Waals surface area (Å²) in [6, 6.07) is -1.18. The molecule has 61 heavy (non-hydrogen) atoms. The number of Topliss-reactive ketones (excluding diaryl/α,β-unsaturated/α-hetero) is 6. The normalized spacial score (nSPS) is 11.6. The topological polar surface area (TPSA) is 221 Å². The third-order valence-corrected chi connectivity index (χ3v) is 9.44. The largest absolute Gasteiger partial charge is 0.381 e. The Morgan fingerprint density at radius 3 is 1.41 bits per heavy atom. The van der Waals surface area contributed by atoms with Crippen LogP contribution < -0.4 is 16.0 Å². The van der Waals surface area contributed by atoms with Gasteiger partial charge in [-0.3, -0.25) is 38.5 Å². The first kappa shape index (κ1) is 57.3. The van der Waals surface area contributed by atoms with Crippen molar-refractivity contribution >= 4 is 52.4 Å². The Labute approximate surface area is 364 Å². The van der Waals surface area contributed by atoms with Crippen molar-refractivity contribution in [3.63, 3.8) is 0 Å². The standard InChI is InChI=1S/C45H78N4O12/c1-5-7-8-9-10-11-24-47-45(58)42(32-43(56)46-25-31-59-26-6-2)48-44(57)35-49(33-40(54)18-14-29-60-27-12-16-38(52)22-20-36(3)50)34-41(55)19-15-30-61-28-13-17-39(53)23-21-37(4)51/h42H,5-35H2,1-4H3,(H,46,56)(H,47,58)(H,48,57). The van der Waals surface area contributed by atoms with E-state index in [2.05, 4.69) is 22.9 Å². The Balaban J connectivity index is 5.37. The highest BCUT2D eigenvalue weighted by Crippen LogP contribution is 2.07. The number of nitrogens with one attached hydrogen (secondary N) is 3. The molecule has 0 aliphatic carbocycles. The van der Waals surface area contributed by atoms with E-state index >= 15 is 0 Å². The number of rotatable bonds is 44. The SMILES string of the molecule is CCCCCCCCNC(=O)C(CC(=O)NCCOCCC)NC(=O)CN(CC(=O)CCCOCCCC(=O)CCC(C)=O)CC(=O)CCCOCCCC(=O)CCC(C)=O. The maximum atomic E-state index is 13.5. The highest BCUT2D eigenvalue weighted by molar-refractivity contribution is 5.93. The summed E-state index contributed by atoms with van der Waals surface area (Å²) in [6.45, 7) is 8.97. The van der Waals surface area contributed by atoms with Gasteiger partial charge >= 0.3 is 0 Å². The van der Waals surface area contributed by atoms with Crippen LogP contribution in [0.5, 0.6) is 0 Å². The van der Waals surface area contributed by atoms with Gasteiger partial charge in [0.25, 0.3) is 0 Å². The third-order valence-electron chi connectivity index (χ3n) is 9.44. The summed E-state index contributed by atoms with van der Waals surface area (Å²) < 4.78 is 16.6. The molecular formula is C45H78N4O12. The average molecular weight is 867 g/mol. The van der Waals surface area contributed by atoms with Crippen molar-refractivity contribution in [1.82, 2.24) is 20.9 Å². The lowest BCUT2D eigenvalue weighted by Gasteiger charge is -2.23. The van der Waals surface area contributed by atoms with E-state index in [4.69, 9.17) is 14.2 Å². The Morgan fingerprint density at radius 1 is 0.443 bits per heavy atom. The number of ketones is 6. The van der Waals surface area contributed by atoms with E-state index < -0.39 is 23.8 Å². The van der Waals surface area contributed by atoms with E-state index in [-0.39, 0.29) is 119 Å². The highest BCUT2D eigenvalue weighted by Gasteiger charge is 2.26. The molecule has 1 atom stereocenters. The number of nitrogens with zero attached hydrogens (tertiary/aromatic N) is 1. The maximum absolute atomic E-state index is 13.5. The molecule has 0 rings (SSSR count). The minimum absolute atomic E-state index is 0.00259. The first-order chi connectivity index (χ1) is 29.3. The second-order valence-corrected chi connectivity index (χ2v) is 15.7. The van der Waals surface area contributed by atoms with Gasteiger partial charge in [0.2, 0.25) is 17.7 Å². The molecule has 0 aromatic carbocycles. The van der Waals surface area contributed by atoms with Gasteiger partial charge in [-0.25, -0.2) is 0 Å². The number of carbonyl (C=O) groups excluding carboxylic acids is 9. The van der Waals surface area contributed by atoms with Gasteiger partial charge in [-0.1, -0.05) is 46.0 Å². The van der Waals surface area contributed by atoms with E-state index in [0.717, 1.165) is 44.9 Å². The predicted molar refractivity (Wildman–Crippen MR) is 232 cm³/mol. The number of carbonyl (C=O) groups is 9. The summed E-state index contributed by atoms with van der Waals surface area (Å²) in [5.41, 5.74) is 0. The zero-order chi connectivity index (χ0) is 45.5. The molecule has 0 aromatic heterocycles. The fourth-order valence-corrected chi connectivity index (χ4v) is 6.05. The monoisotopic (exact) mass is 867 g/mol. The molecule has 0 heterocycles. The van der Waals surface area contributed by atoms with Crippen molar-refractivity contribution in [2.45, 2.75) is 162 Å². The maximum Gasteiger partial charge on any atom is 0.243 e. The van der Waals surface area contributed by atoms with E-state index in [1.807, 2.05) is 6.92 Å². The molecule has 3 N–H and O–H groups in total. The lowest BCUT2D eigenvalue weighted by atomic mass is 10.1. The van der Waals surface area contributed by atoms with Gasteiger partial charge in [0.15, 0.2) is 0 Å². The molecule has 0 spiro atoms. The number of hydrogen-bond donors (Lipinski definition) is 3. The summed E-state index contributed by atoms with van der Waals surface area (Å²) in [6.07, 6.45) is 10.3. The summed E-state index contributed by atoms with van der Waals surface area (Å²) in [5.74, 6) is -2.05. The Kier molecular flexibility index (Phi) is 36.7. The molecule has 0 aliphatic rings. The Hall–Kier alpha value is -3.73. The van der Waals surface area contributed by atoms with E-state index in [0.29, 0.717) is 71.5 Å². The summed E-state index contributed by atoms with van der Waals surface area (Å²) >= 11 is 0. The summed E-state index contributed by atoms with van der Waals surface area (Å²) in [4.78, 5) is 113. The van der Waals surface area contributed by atoms with E-state index in [9.17, 15) is 43.2 Å². The van der Waals surface area contributed by atoms with Crippen LogP contribution in [0.3, 0.4) is 0 Å². The average Bonchev–Trinajstić information content (AvgIpc) is 3.20. The lowest BCUT2D eigenvalue weighted by Crippen LogP contribution is -2.52. The fraction of sp³-hybridized carbons (Fsp3) is 0.800. The molecular weight excluding hydrogens is 789 g/mol. The molecule has 16 heteroatoms. The molecule has 0 radical (unpaired) electrons. The van der Waals surface area contributed by atoms with Gasteiger partial charge in [0.05, 0.1) is 32.7 Å². The molecule has 3 amide bonds. The molecule has 0 bridgehead atoms. The third kappa shape index (κ3) is 37.7. The van der Waals surface area contributed by atoms with Crippen molar-refractivity contribution in [1.29, 1.82) is 0 Å². The van der Waals surface area contributed by atoms with Gasteiger partial charge in [0, 0.05) is 97.5 Å². The van der Waals surface area contributed by atoms with Crippen LogP contribution in [0.25, 0.3) is 0 Å². The van der Waals surface area contributed by atoms with Gasteiger partial charge in [0.1, 0.15) is 40.7 Å². The predicted octanol–water partition coefficient (Wildman–Crippen LogP) is 4.35. The van der Waals surface area contributed by atoms with Gasteiger partial charge in [-0.05, 0) is 52.4 Å². The molecule has 0 aromatic rings. The minimum Gasteiger partial charge on any atom is -0.381 e. The van der Waals surface area contributed by atoms with Crippen molar-refractivity contribution in [2.24, 2.45) is 0 Å². The molecule has 0 aliphatic heterocycles. The molecule has 16 nitrogen and oxygen atoms in total. The van der Waals surface area contributed by atoms with Gasteiger partial charge in [-0.15, -0.1) is 0 Å². The van der Waals surface area contributed by atoms with Crippen LogP contribution >= 0.6 is 0 Å². The van der Waals surface area contributed by atoms with Crippen molar-refractivity contribution in [3.05, 3.63) is 0 Å². The van der Waals surface area contributed by atoms with Crippen molar-refractivity contribution < 1.29 is 57.4 Å². The minimum atomic E-state index is -1.18. The Morgan fingerprint density at radius 2 is 0.918 bits per heavy atom.